The topological polar surface area (TPSA) is 12.4 Å². The van der Waals surface area contributed by atoms with Crippen LogP contribution in [0.15, 0.2) is 126 Å². The summed E-state index contributed by atoms with van der Waals surface area (Å²) in [5, 5.41) is 0. The van der Waals surface area contributed by atoms with Gasteiger partial charge < -0.3 is 0 Å². The summed E-state index contributed by atoms with van der Waals surface area (Å²) in [4.78, 5) is 5.92. The van der Waals surface area contributed by atoms with Gasteiger partial charge in [0.05, 0.1) is 5.70 Å². The van der Waals surface area contributed by atoms with Crippen molar-refractivity contribution >= 4 is 44.6 Å². The molecule has 40 heavy (non-hydrogen) atoms. The number of aliphatic imine (C=N–C) groups is 1. The summed E-state index contributed by atoms with van der Waals surface area (Å²) in [5.41, 5.74) is 14.3. The minimum atomic E-state index is -0.0626. The molecule has 0 atom stereocenters. The smallest absolute Gasteiger partial charge is 0.109 e. The SMILES string of the molecule is C=C(N=C(I)c1cccc(-c2cccc3c2C(C)(C)c2ccccc2-3)c1)c1ccc(-c2cccc(S)c2C)cc1. The molecule has 0 bridgehead atoms. The zero-order valence-corrected chi connectivity index (χ0v) is 25.9. The van der Waals surface area contributed by atoms with Gasteiger partial charge >= 0.3 is 0 Å². The van der Waals surface area contributed by atoms with Crippen molar-refractivity contribution in [1.29, 1.82) is 0 Å². The number of hydrogen-bond acceptors (Lipinski definition) is 2. The molecule has 1 aliphatic rings. The molecule has 0 saturated carbocycles. The van der Waals surface area contributed by atoms with Gasteiger partial charge in [-0.05, 0) is 97.3 Å². The van der Waals surface area contributed by atoms with Gasteiger partial charge in [-0.1, -0.05) is 117 Å². The van der Waals surface area contributed by atoms with Crippen LogP contribution in [0.4, 0.5) is 0 Å². The van der Waals surface area contributed by atoms with Crippen LogP contribution in [0.3, 0.4) is 0 Å². The predicted molar refractivity (Wildman–Crippen MR) is 183 cm³/mol. The Morgan fingerprint density at radius 2 is 1.35 bits per heavy atom. The van der Waals surface area contributed by atoms with Crippen molar-refractivity contribution in [3.05, 3.63) is 144 Å². The first-order chi connectivity index (χ1) is 19.3. The van der Waals surface area contributed by atoms with E-state index in [1.54, 1.807) is 0 Å². The highest BCUT2D eigenvalue weighted by atomic mass is 127. The molecule has 0 N–H and O–H groups in total. The second-order valence-electron chi connectivity index (χ2n) is 10.9. The van der Waals surface area contributed by atoms with Crippen molar-refractivity contribution in [2.75, 3.05) is 0 Å². The summed E-state index contributed by atoms with van der Waals surface area (Å²) in [6.45, 7) is 11.1. The third-order valence-electron chi connectivity index (χ3n) is 8.06. The molecule has 0 amide bonds. The van der Waals surface area contributed by atoms with E-state index in [1.807, 2.05) is 12.1 Å². The second kappa shape index (κ2) is 10.5. The van der Waals surface area contributed by atoms with Crippen LogP contribution in [0, 0.1) is 6.92 Å². The molecule has 0 aliphatic heterocycles. The predicted octanol–water partition coefficient (Wildman–Crippen LogP) is 10.8. The lowest BCUT2D eigenvalue weighted by molar-refractivity contribution is 0.662. The summed E-state index contributed by atoms with van der Waals surface area (Å²) in [6, 6.07) is 38.9. The first-order valence-electron chi connectivity index (χ1n) is 13.4. The monoisotopic (exact) mass is 647 g/mol. The Labute approximate surface area is 256 Å². The lowest BCUT2D eigenvalue weighted by Crippen LogP contribution is -2.16. The quantitative estimate of drug-likeness (QED) is 0.111. The minimum Gasteiger partial charge on any atom is -0.242 e. The summed E-state index contributed by atoms with van der Waals surface area (Å²) in [5.74, 6) is 0. The van der Waals surface area contributed by atoms with Crippen molar-refractivity contribution in [2.45, 2.75) is 31.1 Å². The number of thiol groups is 1. The Kier molecular flexibility index (Phi) is 7.05. The van der Waals surface area contributed by atoms with E-state index in [0.717, 1.165) is 31.0 Å². The number of benzene rings is 5. The van der Waals surface area contributed by atoms with E-state index in [4.69, 9.17) is 4.99 Å². The highest BCUT2D eigenvalue weighted by molar-refractivity contribution is 14.1. The van der Waals surface area contributed by atoms with Crippen molar-refractivity contribution < 1.29 is 0 Å². The van der Waals surface area contributed by atoms with Crippen LogP contribution >= 0.6 is 35.2 Å². The Morgan fingerprint density at radius 3 is 2.15 bits per heavy atom. The maximum atomic E-state index is 4.92. The molecule has 196 valence electrons. The van der Waals surface area contributed by atoms with Crippen LogP contribution in [-0.4, -0.2) is 3.72 Å². The highest BCUT2D eigenvalue weighted by Gasteiger charge is 2.37. The van der Waals surface area contributed by atoms with Crippen LogP contribution in [0.25, 0.3) is 39.1 Å². The van der Waals surface area contributed by atoms with Crippen molar-refractivity contribution in [2.24, 2.45) is 4.99 Å². The molecule has 0 saturated heterocycles. The average Bonchev–Trinajstić information content (AvgIpc) is 3.21. The standard InChI is InChI=1S/C37H30INS/c1-23-29(13-9-17-34(23)40)26-20-18-25(19-21-26)24(2)39-36(38)28-11-7-10-27(22-28)30-14-8-15-32-31-12-5-6-16-33(31)37(3,4)35(30)32/h5-22,40H,2H2,1,3-4H3. The van der Waals surface area contributed by atoms with Gasteiger partial charge in [0.25, 0.3) is 0 Å². The van der Waals surface area contributed by atoms with Crippen molar-refractivity contribution in [3.63, 3.8) is 0 Å². The molecule has 5 aromatic rings. The summed E-state index contributed by atoms with van der Waals surface area (Å²) >= 11 is 6.91. The number of rotatable bonds is 5. The van der Waals surface area contributed by atoms with E-state index in [0.29, 0.717) is 0 Å². The van der Waals surface area contributed by atoms with E-state index in [1.165, 1.54) is 44.5 Å². The first kappa shape index (κ1) is 26.8. The largest absolute Gasteiger partial charge is 0.242 e. The van der Waals surface area contributed by atoms with E-state index in [-0.39, 0.29) is 5.41 Å². The summed E-state index contributed by atoms with van der Waals surface area (Å²) < 4.78 is 0.919. The summed E-state index contributed by atoms with van der Waals surface area (Å²) in [6.07, 6.45) is 0. The van der Waals surface area contributed by atoms with Gasteiger partial charge in [0.15, 0.2) is 0 Å². The van der Waals surface area contributed by atoms with Crippen LogP contribution < -0.4 is 0 Å². The first-order valence-corrected chi connectivity index (χ1v) is 14.9. The van der Waals surface area contributed by atoms with Crippen LogP contribution in [0.2, 0.25) is 0 Å². The fraction of sp³-hybridized carbons (Fsp3) is 0.108. The number of halogens is 1. The van der Waals surface area contributed by atoms with E-state index >= 15 is 0 Å². The summed E-state index contributed by atoms with van der Waals surface area (Å²) in [7, 11) is 0. The molecule has 3 heteroatoms. The third kappa shape index (κ3) is 4.65. The van der Waals surface area contributed by atoms with Gasteiger partial charge in [0.2, 0.25) is 0 Å². The minimum absolute atomic E-state index is 0.0626. The molecule has 1 aliphatic carbocycles. The van der Waals surface area contributed by atoms with E-state index < -0.39 is 0 Å². The van der Waals surface area contributed by atoms with Crippen molar-refractivity contribution in [1.82, 2.24) is 0 Å². The molecule has 1 nitrogen and oxygen atoms in total. The van der Waals surface area contributed by atoms with Gasteiger partial charge in [-0.2, -0.15) is 0 Å². The number of hydrogen-bond donors (Lipinski definition) is 1. The van der Waals surface area contributed by atoms with Gasteiger partial charge in [0, 0.05) is 15.9 Å². The Balaban J connectivity index is 1.30. The number of fused-ring (bicyclic) bond motifs is 3. The molecule has 0 radical (unpaired) electrons. The van der Waals surface area contributed by atoms with E-state index in [9.17, 15) is 0 Å². The van der Waals surface area contributed by atoms with E-state index in [2.05, 4.69) is 160 Å². The average molecular weight is 648 g/mol. The Bertz CT molecular complexity index is 1810. The Hall–Kier alpha value is -3.41. The lowest BCUT2D eigenvalue weighted by atomic mass is 9.79. The fourth-order valence-electron chi connectivity index (χ4n) is 5.93. The molecule has 0 spiro atoms. The molecular formula is C37H30INS. The Morgan fingerprint density at radius 1 is 0.700 bits per heavy atom. The second-order valence-corrected chi connectivity index (χ2v) is 12.4. The highest BCUT2D eigenvalue weighted by Crippen LogP contribution is 2.52. The molecule has 0 fully saturated rings. The fourth-order valence-corrected chi connectivity index (χ4v) is 6.76. The zero-order valence-electron chi connectivity index (χ0n) is 22.9. The molecule has 0 unspecified atom stereocenters. The van der Waals surface area contributed by atoms with Crippen LogP contribution in [0.5, 0.6) is 0 Å². The maximum absolute atomic E-state index is 4.92. The molecule has 5 aromatic carbocycles. The molecule has 0 heterocycles. The van der Waals surface area contributed by atoms with Gasteiger partial charge in [0.1, 0.15) is 3.72 Å². The third-order valence-corrected chi connectivity index (χ3v) is 9.41. The maximum Gasteiger partial charge on any atom is 0.109 e. The lowest BCUT2D eigenvalue weighted by Gasteiger charge is -2.24. The normalized spacial score (nSPS) is 13.6. The molecular weight excluding hydrogens is 617 g/mol. The zero-order chi connectivity index (χ0) is 28.0. The van der Waals surface area contributed by atoms with Gasteiger partial charge in [-0.3, -0.25) is 0 Å². The van der Waals surface area contributed by atoms with Crippen LogP contribution in [-0.2, 0) is 5.41 Å². The molecule has 6 rings (SSSR count). The molecule has 0 aromatic heterocycles. The number of nitrogens with zero attached hydrogens (tertiary/aromatic N) is 1. The van der Waals surface area contributed by atoms with Crippen molar-refractivity contribution in [3.8, 4) is 33.4 Å². The van der Waals surface area contributed by atoms with Crippen LogP contribution in [0.1, 0.15) is 41.7 Å². The van der Waals surface area contributed by atoms with Gasteiger partial charge in [-0.25, -0.2) is 4.99 Å². The van der Waals surface area contributed by atoms with Gasteiger partial charge in [-0.15, -0.1) is 12.6 Å².